The molecule has 0 heterocycles. The Morgan fingerprint density at radius 3 is 2.07 bits per heavy atom. The van der Waals surface area contributed by atoms with Gasteiger partial charge in [-0.3, -0.25) is 0 Å². The molecule has 6 heteroatoms. The Hall–Kier alpha value is 1.36. The van der Waals surface area contributed by atoms with Gasteiger partial charge in [-0.15, -0.1) is 0 Å². The zero-order valence-corrected chi connectivity index (χ0v) is 10.8. The molecule has 3 nitrogen and oxygen atoms in total. The zero-order valence-electron chi connectivity index (χ0n) is 8.23. The predicted molar refractivity (Wildman–Crippen MR) is 49.4 cm³/mol. The number of hydrogen-bond acceptors (Lipinski definition) is 3. The molecule has 0 aliphatic rings. The molecule has 0 rings (SSSR count). The maximum atomic E-state index is 11.3. The molecule has 0 unspecified atom stereocenters. The van der Waals surface area contributed by atoms with E-state index in [0.717, 1.165) is 25.7 Å². The first-order chi connectivity index (χ1) is 6.12. The average molecular weight is 385 g/mol. The largest absolute Gasteiger partial charge is 0.297 e. The Bertz CT molecular complexity index is 207. The van der Waals surface area contributed by atoms with Crippen LogP contribution in [-0.2, 0) is 14.5 Å². The van der Waals surface area contributed by atoms with E-state index in [1.165, 1.54) is 6.42 Å². The van der Waals surface area contributed by atoms with Gasteiger partial charge in [-0.2, -0.15) is 8.42 Å². The molecule has 0 aromatic rings. The fraction of sp³-hybridized carbons (Fsp3) is 1.00. The Morgan fingerprint density at radius 2 is 1.57 bits per heavy atom. The van der Waals surface area contributed by atoms with E-state index >= 15 is 0 Å². The van der Waals surface area contributed by atoms with Gasteiger partial charge < -0.3 is 0 Å². The van der Waals surface area contributed by atoms with Gasteiger partial charge in [-0.05, 0) is 10.9 Å². The summed E-state index contributed by atoms with van der Waals surface area (Å²) in [5.74, 6) is -0.213. The summed E-state index contributed by atoms with van der Waals surface area (Å²) < 4.78 is 35.1. The van der Waals surface area contributed by atoms with Crippen LogP contribution in [0.3, 0.4) is 0 Å². The van der Waals surface area contributed by atoms with E-state index in [1.807, 2.05) is 0 Å². The second-order valence-corrected chi connectivity index (χ2v) is 4.74. The Kier molecular flexibility index (Phi) is 13.8. The van der Waals surface area contributed by atoms with Crippen LogP contribution >= 0.6 is 0 Å². The van der Waals surface area contributed by atoms with Crippen LogP contribution in [-0.4, -0.2) is 14.2 Å². The van der Waals surface area contributed by atoms with Crippen LogP contribution in [0.25, 0.3) is 0 Å². The Labute approximate surface area is 124 Å². The van der Waals surface area contributed by atoms with E-state index in [0.29, 0.717) is 6.42 Å². The summed E-state index contributed by atoms with van der Waals surface area (Å²) >= 11 is 0. The van der Waals surface area contributed by atoms with Crippen molar-refractivity contribution in [3.05, 3.63) is 0 Å². The maximum absolute atomic E-state index is 11.3. The summed E-state index contributed by atoms with van der Waals surface area (Å²) in [6, 6.07) is 0. The molecule has 14 heavy (non-hydrogen) atoms. The fourth-order valence-electron chi connectivity index (χ4n) is 1.09. The second-order valence-electron chi connectivity index (χ2n) is 3.09. The summed E-state index contributed by atoms with van der Waals surface area (Å²) in [4.78, 5) is 0. The summed E-state index contributed by atoms with van der Waals surface area (Å²) in [5.41, 5.74) is 0. The standard InChI is InChI=1S/C8H17FO3S.Yb/c1-2-3-4-5-6-7-8-13(10,11)12-9;/h2-8H2,1H3;. The molecule has 0 N–H and O–H groups in total. The van der Waals surface area contributed by atoms with Crippen molar-refractivity contribution in [1.82, 2.24) is 0 Å². The Balaban J connectivity index is 0. The molecular formula is C8H17FO3SYb. The van der Waals surface area contributed by atoms with Crippen LogP contribution in [0.2, 0.25) is 0 Å². The third-order valence-corrected chi connectivity index (χ3v) is 2.82. The normalized spacial score (nSPS) is 11.0. The molecular weight excluding hydrogens is 368 g/mol. The molecule has 0 amide bonds. The van der Waals surface area contributed by atoms with Crippen molar-refractivity contribution < 1.29 is 64.3 Å². The van der Waals surface area contributed by atoms with Crippen molar-refractivity contribution >= 4 is 10.1 Å². The van der Waals surface area contributed by atoms with E-state index in [-0.39, 0.29) is 52.7 Å². The molecule has 0 saturated carbocycles. The number of halogens is 1. The van der Waals surface area contributed by atoms with E-state index in [2.05, 4.69) is 11.3 Å². The zero-order chi connectivity index (χ0) is 10.2. The number of hydrogen-bond donors (Lipinski definition) is 0. The monoisotopic (exact) mass is 386 g/mol. The molecule has 0 radical (unpaired) electrons. The van der Waals surface area contributed by atoms with Gasteiger partial charge in [-0.25, -0.2) is 0 Å². The minimum atomic E-state index is -3.88. The molecule has 0 spiro atoms. The van der Waals surface area contributed by atoms with Crippen LogP contribution in [0.1, 0.15) is 45.4 Å². The molecule has 0 aromatic heterocycles. The van der Waals surface area contributed by atoms with E-state index in [1.54, 1.807) is 0 Å². The van der Waals surface area contributed by atoms with E-state index in [4.69, 9.17) is 0 Å². The molecule has 0 aromatic carbocycles. The van der Waals surface area contributed by atoms with Gasteiger partial charge in [0.25, 0.3) is 10.1 Å². The third-order valence-electron chi connectivity index (χ3n) is 1.84. The minimum absolute atomic E-state index is 0. The smallest absolute Gasteiger partial charge is 0.197 e. The molecule has 94 valence electrons. The van der Waals surface area contributed by atoms with E-state index in [9.17, 15) is 12.9 Å². The van der Waals surface area contributed by atoms with Crippen LogP contribution in [0.15, 0.2) is 0 Å². The summed E-state index contributed by atoms with van der Waals surface area (Å²) in [5, 5.41) is 0. The van der Waals surface area contributed by atoms with Crippen molar-refractivity contribution in [2.24, 2.45) is 0 Å². The van der Waals surface area contributed by atoms with Crippen molar-refractivity contribution in [3.63, 3.8) is 0 Å². The molecule has 0 fully saturated rings. The van der Waals surface area contributed by atoms with Crippen LogP contribution in [0.4, 0.5) is 4.53 Å². The van der Waals surface area contributed by atoms with Gasteiger partial charge in [0.05, 0.1) is 5.75 Å². The fourth-order valence-corrected chi connectivity index (χ4v) is 1.71. The van der Waals surface area contributed by atoms with Gasteiger partial charge in [0.1, 0.15) is 0 Å². The van der Waals surface area contributed by atoms with Gasteiger partial charge in [0, 0.05) is 46.9 Å². The van der Waals surface area contributed by atoms with Crippen LogP contribution in [0, 0.1) is 46.9 Å². The predicted octanol–water partition coefficient (Wildman–Crippen LogP) is 2.58. The quantitative estimate of drug-likeness (QED) is 0.604. The maximum Gasteiger partial charge on any atom is 0.297 e. The molecule has 0 aliphatic carbocycles. The number of unbranched alkanes of at least 4 members (excludes halogenated alkanes) is 5. The molecule has 0 bridgehead atoms. The van der Waals surface area contributed by atoms with Crippen LogP contribution < -0.4 is 0 Å². The average Bonchev–Trinajstić information content (AvgIpc) is 2.11. The van der Waals surface area contributed by atoms with Gasteiger partial charge in [0.2, 0.25) is 0 Å². The summed E-state index contributed by atoms with van der Waals surface area (Å²) in [6.07, 6.45) is 5.76. The summed E-state index contributed by atoms with van der Waals surface area (Å²) in [7, 11) is -3.88. The van der Waals surface area contributed by atoms with E-state index < -0.39 is 10.1 Å². The first-order valence-electron chi connectivity index (χ1n) is 4.65. The summed E-state index contributed by atoms with van der Waals surface area (Å²) in [6.45, 7) is 2.11. The van der Waals surface area contributed by atoms with Gasteiger partial charge in [-0.1, -0.05) is 43.4 Å². The topological polar surface area (TPSA) is 43.4 Å². The van der Waals surface area contributed by atoms with Crippen molar-refractivity contribution in [2.75, 3.05) is 5.75 Å². The first kappa shape index (κ1) is 17.7. The SMILES string of the molecule is CCCCCCCCS(=O)(=O)OF.[Yb]. The molecule has 0 aliphatic heterocycles. The van der Waals surface area contributed by atoms with Crippen molar-refractivity contribution in [2.45, 2.75) is 45.4 Å². The van der Waals surface area contributed by atoms with Gasteiger partial charge in [0.15, 0.2) is 0 Å². The van der Waals surface area contributed by atoms with Crippen molar-refractivity contribution in [1.29, 1.82) is 0 Å². The van der Waals surface area contributed by atoms with Gasteiger partial charge >= 0.3 is 0 Å². The molecule has 0 saturated heterocycles. The first-order valence-corrected chi connectivity index (χ1v) is 6.23. The molecule has 0 atom stereocenters. The van der Waals surface area contributed by atoms with Crippen LogP contribution in [0.5, 0.6) is 0 Å². The van der Waals surface area contributed by atoms with Crippen molar-refractivity contribution in [3.8, 4) is 0 Å². The third kappa shape index (κ3) is 11.4. The second kappa shape index (κ2) is 10.9. The Morgan fingerprint density at radius 1 is 1.07 bits per heavy atom. The number of rotatable bonds is 8. The minimum Gasteiger partial charge on any atom is -0.197 e.